The molecule has 1 N–H and O–H groups in total. The normalized spacial score (nSPS) is 33.7. The molecule has 4 aliphatic rings. The molecule has 1 saturated carbocycles. The Bertz CT molecular complexity index is 1100. The van der Waals surface area contributed by atoms with Crippen molar-refractivity contribution in [2.45, 2.75) is 95.1 Å². The molecule has 1 aromatic heterocycles. The molecule has 0 amide bonds. The van der Waals surface area contributed by atoms with E-state index in [1.165, 1.54) is 5.57 Å². The highest BCUT2D eigenvalue weighted by molar-refractivity contribution is 5.47. The lowest BCUT2D eigenvalue weighted by Crippen LogP contribution is -2.56. The summed E-state index contributed by atoms with van der Waals surface area (Å²) in [5, 5.41) is 7.67. The van der Waals surface area contributed by atoms with Gasteiger partial charge in [-0.25, -0.2) is 9.07 Å². The van der Waals surface area contributed by atoms with Crippen molar-refractivity contribution in [1.29, 1.82) is 0 Å². The number of alkyl halides is 1. The van der Waals surface area contributed by atoms with E-state index in [1.807, 2.05) is 0 Å². The Labute approximate surface area is 231 Å². The van der Waals surface area contributed by atoms with Crippen LogP contribution in [-0.4, -0.2) is 84.2 Å². The van der Waals surface area contributed by atoms with E-state index in [2.05, 4.69) is 47.4 Å². The van der Waals surface area contributed by atoms with Gasteiger partial charge in [0.2, 0.25) is 0 Å². The lowest BCUT2D eigenvalue weighted by atomic mass is 9.83. The zero-order valence-corrected chi connectivity index (χ0v) is 23.8. The van der Waals surface area contributed by atoms with Gasteiger partial charge in [-0.05, 0) is 65.7 Å². The first-order valence-corrected chi connectivity index (χ1v) is 14.7. The molecule has 0 radical (unpaired) electrons. The van der Waals surface area contributed by atoms with Gasteiger partial charge in [-0.1, -0.05) is 23.8 Å². The van der Waals surface area contributed by atoms with Crippen LogP contribution in [0.1, 0.15) is 70.4 Å². The predicted octanol–water partition coefficient (Wildman–Crippen LogP) is 4.35. The topological polar surface area (TPSA) is 77.8 Å². The highest BCUT2D eigenvalue weighted by Gasteiger charge is 2.39. The minimum Gasteiger partial charge on any atom is -0.380 e. The summed E-state index contributed by atoms with van der Waals surface area (Å²) in [6, 6.07) is 0.457. The fraction of sp³-hybridized carbons (Fsp3) is 0.733. The number of nitrogens with zero attached hydrogens (tertiary/aromatic N) is 3. The Morgan fingerprint density at radius 2 is 2.00 bits per heavy atom. The Hall–Kier alpha value is -2.07. The fourth-order valence-corrected chi connectivity index (χ4v) is 6.48. The van der Waals surface area contributed by atoms with Crippen molar-refractivity contribution in [2.75, 3.05) is 51.4 Å². The molecule has 9 heteroatoms. The smallest absolute Gasteiger partial charge is 0.272 e. The van der Waals surface area contributed by atoms with Gasteiger partial charge in [-0.3, -0.25) is 9.69 Å². The molecule has 8 nitrogen and oxygen atoms in total. The third-order valence-corrected chi connectivity index (χ3v) is 9.05. The summed E-state index contributed by atoms with van der Waals surface area (Å²) in [6.45, 7) is 9.88. The number of nitrogens with one attached hydrogen (secondary N) is 1. The zero-order valence-electron chi connectivity index (χ0n) is 23.8. The molecular weight excluding hydrogens is 499 g/mol. The standard InChI is InChI=1S/C30H45FN4O4/c1-22-9-12-29(3,13-10-22)34(18-26-19-37-15-16-39-26)24-5-7-25(8-6-24)35-28(36)23(2)27(17-33-35)32-20-30(31)11-4-14-38-21-30/h9-10,12,17,24-26,32H,4-8,11,13-16,18-21H2,1-3H3/t24?,25?,26-,29?,30-/m0/s1. The summed E-state index contributed by atoms with van der Waals surface area (Å²) < 4.78 is 33.7. The monoisotopic (exact) mass is 544 g/mol. The number of hydrogen-bond donors (Lipinski definition) is 1. The first-order valence-electron chi connectivity index (χ1n) is 14.7. The van der Waals surface area contributed by atoms with Crippen molar-refractivity contribution in [3.8, 4) is 0 Å². The minimum atomic E-state index is -1.41. The fourth-order valence-electron chi connectivity index (χ4n) is 6.48. The summed E-state index contributed by atoms with van der Waals surface area (Å²) in [6.07, 6.45) is 14.6. The number of aromatic nitrogens is 2. The van der Waals surface area contributed by atoms with Crippen LogP contribution < -0.4 is 10.9 Å². The Morgan fingerprint density at radius 1 is 1.18 bits per heavy atom. The maximum Gasteiger partial charge on any atom is 0.272 e. The van der Waals surface area contributed by atoms with Crippen LogP contribution in [0.2, 0.25) is 0 Å². The molecule has 3 atom stereocenters. The average Bonchev–Trinajstić information content (AvgIpc) is 2.95. The predicted molar refractivity (Wildman–Crippen MR) is 150 cm³/mol. The minimum absolute atomic E-state index is 0.0636. The second-order valence-corrected chi connectivity index (χ2v) is 12.1. The van der Waals surface area contributed by atoms with Crippen LogP contribution in [0.3, 0.4) is 0 Å². The molecule has 216 valence electrons. The molecule has 0 bridgehead atoms. The maximum atomic E-state index is 15.0. The molecule has 0 aromatic carbocycles. The van der Waals surface area contributed by atoms with Crippen molar-refractivity contribution in [1.82, 2.24) is 14.7 Å². The van der Waals surface area contributed by atoms with Crippen molar-refractivity contribution >= 4 is 5.69 Å². The molecule has 0 spiro atoms. The average molecular weight is 545 g/mol. The number of ether oxygens (including phenoxy) is 3. The lowest BCUT2D eigenvalue weighted by Gasteiger charge is -2.48. The van der Waals surface area contributed by atoms with Crippen LogP contribution in [0.15, 0.2) is 34.8 Å². The van der Waals surface area contributed by atoms with Crippen LogP contribution in [-0.2, 0) is 14.2 Å². The van der Waals surface area contributed by atoms with Crippen LogP contribution in [0, 0.1) is 6.92 Å². The lowest BCUT2D eigenvalue weighted by molar-refractivity contribution is -0.111. The van der Waals surface area contributed by atoms with E-state index in [0.717, 1.165) is 38.6 Å². The van der Waals surface area contributed by atoms with Crippen LogP contribution in [0.25, 0.3) is 0 Å². The van der Waals surface area contributed by atoms with Gasteiger partial charge < -0.3 is 19.5 Å². The van der Waals surface area contributed by atoms with Gasteiger partial charge in [-0.15, -0.1) is 0 Å². The summed E-state index contributed by atoms with van der Waals surface area (Å²) >= 11 is 0. The molecule has 39 heavy (non-hydrogen) atoms. The van der Waals surface area contributed by atoms with Gasteiger partial charge in [0.25, 0.3) is 5.56 Å². The van der Waals surface area contributed by atoms with E-state index >= 15 is 0 Å². The number of anilines is 1. The second-order valence-electron chi connectivity index (χ2n) is 12.1. The molecule has 5 rings (SSSR count). The van der Waals surface area contributed by atoms with E-state index in [9.17, 15) is 9.18 Å². The van der Waals surface area contributed by atoms with Gasteiger partial charge in [0.1, 0.15) is 0 Å². The van der Waals surface area contributed by atoms with Gasteiger partial charge in [0, 0.05) is 30.3 Å². The van der Waals surface area contributed by atoms with Crippen molar-refractivity contribution in [3.05, 3.63) is 45.9 Å². The summed E-state index contributed by atoms with van der Waals surface area (Å²) in [7, 11) is 0. The molecule has 3 heterocycles. The number of rotatable bonds is 8. The van der Waals surface area contributed by atoms with E-state index in [4.69, 9.17) is 14.2 Å². The third kappa shape index (κ3) is 6.64. The SMILES string of the molecule is CC1=CCC(C)(N(C[C@H]2COCCO2)C2CCC(n3ncc(NC[C@@]4(F)CCCOC4)c(C)c3=O)CC2)C=C1. The Morgan fingerprint density at radius 3 is 2.67 bits per heavy atom. The van der Waals surface area contributed by atoms with Crippen molar-refractivity contribution < 1.29 is 18.6 Å². The third-order valence-electron chi connectivity index (χ3n) is 9.05. The van der Waals surface area contributed by atoms with Gasteiger partial charge in [0.05, 0.1) is 57.0 Å². The Balaban J connectivity index is 1.24. The zero-order chi connectivity index (χ0) is 27.5. The number of hydrogen-bond acceptors (Lipinski definition) is 7. The van der Waals surface area contributed by atoms with Crippen LogP contribution in [0.4, 0.5) is 10.1 Å². The summed E-state index contributed by atoms with van der Waals surface area (Å²) in [5.74, 6) is 0. The Kier molecular flexibility index (Phi) is 8.91. The summed E-state index contributed by atoms with van der Waals surface area (Å²) in [4.78, 5) is 15.9. The molecule has 2 aliphatic carbocycles. The highest BCUT2D eigenvalue weighted by Crippen LogP contribution is 2.37. The maximum absolute atomic E-state index is 15.0. The first-order chi connectivity index (χ1) is 18.8. The molecular formula is C30H45FN4O4. The van der Waals surface area contributed by atoms with Gasteiger partial charge >= 0.3 is 0 Å². The summed E-state index contributed by atoms with van der Waals surface area (Å²) in [5.41, 5.74) is 0.925. The molecule has 2 saturated heterocycles. The first kappa shape index (κ1) is 28.5. The molecule has 1 unspecified atom stereocenters. The second kappa shape index (κ2) is 12.2. The van der Waals surface area contributed by atoms with Gasteiger partial charge in [-0.2, -0.15) is 5.10 Å². The van der Waals surface area contributed by atoms with Gasteiger partial charge in [0.15, 0.2) is 5.67 Å². The molecule has 3 fully saturated rings. The quantitative estimate of drug-likeness (QED) is 0.522. The van der Waals surface area contributed by atoms with Crippen molar-refractivity contribution in [2.24, 2.45) is 0 Å². The van der Waals surface area contributed by atoms with Crippen molar-refractivity contribution in [3.63, 3.8) is 0 Å². The van der Waals surface area contributed by atoms with Crippen LogP contribution in [0.5, 0.6) is 0 Å². The molecule has 2 aliphatic heterocycles. The van der Waals surface area contributed by atoms with E-state index in [0.29, 0.717) is 56.6 Å². The van der Waals surface area contributed by atoms with E-state index < -0.39 is 5.67 Å². The molecule has 1 aromatic rings. The van der Waals surface area contributed by atoms with E-state index in [1.54, 1.807) is 17.8 Å². The highest BCUT2D eigenvalue weighted by atomic mass is 19.1. The largest absolute Gasteiger partial charge is 0.380 e. The van der Waals surface area contributed by atoms with E-state index in [-0.39, 0.29) is 36.4 Å². The van der Waals surface area contributed by atoms with Crippen LogP contribution >= 0.6 is 0 Å². The number of halogens is 1. The number of allylic oxidation sites excluding steroid dienone is 2.